The van der Waals surface area contributed by atoms with Gasteiger partial charge in [-0.1, -0.05) is 24.3 Å². The number of nitrogens with one attached hydrogen (secondary N) is 2. The van der Waals surface area contributed by atoms with E-state index in [4.69, 9.17) is 0 Å². The first-order chi connectivity index (χ1) is 13.7. The summed E-state index contributed by atoms with van der Waals surface area (Å²) < 4.78 is 8.53. The summed E-state index contributed by atoms with van der Waals surface area (Å²) >= 11 is 1.06. The molecule has 28 heavy (non-hydrogen) atoms. The number of aromatic nitrogens is 2. The lowest BCUT2D eigenvalue weighted by Gasteiger charge is -2.27. The normalized spacial score (nSPS) is 13.9. The van der Waals surface area contributed by atoms with Gasteiger partial charge in [-0.15, -0.1) is 0 Å². The number of hydrogen-bond acceptors (Lipinski definition) is 7. The number of nitrogens with zero attached hydrogens (tertiary/aromatic N) is 3. The van der Waals surface area contributed by atoms with Gasteiger partial charge in [0.05, 0.1) is 23.0 Å². The highest BCUT2D eigenvalue weighted by Gasteiger charge is 2.22. The van der Waals surface area contributed by atoms with E-state index >= 15 is 0 Å². The molecule has 1 amide bonds. The van der Waals surface area contributed by atoms with Crippen LogP contribution in [0.4, 0.5) is 23.0 Å². The first kappa shape index (κ1) is 18.2. The zero-order chi connectivity index (χ0) is 19.3. The molecule has 0 bridgehead atoms. The summed E-state index contributed by atoms with van der Waals surface area (Å²) in [4.78, 5) is 14.6. The Labute approximate surface area is 167 Å². The number of phenolic OH excluding ortho intramolecular Hbond substituents is 1. The van der Waals surface area contributed by atoms with Gasteiger partial charge in [-0.3, -0.25) is 4.79 Å². The molecule has 0 saturated carbocycles. The molecular formula is C20H21N5O2S. The number of carbonyl (C=O) groups is 1. The van der Waals surface area contributed by atoms with Gasteiger partial charge in [-0.2, -0.15) is 8.75 Å². The second-order valence-corrected chi connectivity index (χ2v) is 7.16. The summed E-state index contributed by atoms with van der Waals surface area (Å²) in [6, 6.07) is 14.8. The Bertz CT molecular complexity index is 954. The molecule has 1 fully saturated rings. The monoisotopic (exact) mass is 395 g/mol. The number of amides is 1. The van der Waals surface area contributed by atoms with Crippen LogP contribution in [0.3, 0.4) is 0 Å². The van der Waals surface area contributed by atoms with E-state index in [9.17, 15) is 9.90 Å². The summed E-state index contributed by atoms with van der Waals surface area (Å²) in [6.07, 6.45) is 3.15. The largest absolute Gasteiger partial charge is 0.505 e. The Balaban J connectivity index is 1.55. The molecule has 1 aliphatic rings. The summed E-state index contributed by atoms with van der Waals surface area (Å²) in [5.74, 6) is 0.840. The van der Waals surface area contributed by atoms with Crippen molar-refractivity contribution in [3.8, 4) is 5.75 Å². The van der Waals surface area contributed by atoms with Gasteiger partial charge < -0.3 is 20.6 Å². The van der Waals surface area contributed by atoms with Gasteiger partial charge in [0, 0.05) is 18.8 Å². The van der Waals surface area contributed by atoms with Crippen LogP contribution in [0.5, 0.6) is 5.75 Å². The third-order valence-corrected chi connectivity index (χ3v) is 5.22. The Morgan fingerprint density at radius 3 is 2.39 bits per heavy atom. The van der Waals surface area contributed by atoms with E-state index in [2.05, 4.69) is 19.4 Å². The van der Waals surface area contributed by atoms with Crippen molar-refractivity contribution in [1.82, 2.24) is 13.6 Å². The molecule has 7 nitrogen and oxygen atoms in total. The number of phenols is 1. The highest BCUT2D eigenvalue weighted by molar-refractivity contribution is 6.99. The standard InChI is InChI=1S/C20H21N5O2S/c26-17-15(20(27)25-12-5-2-6-13-25)10-7-11-16(17)22-19-18(23-28-24-19)21-14-8-3-1-4-9-14/h1,3-4,7-11,26H,2,5-6,12-13H2,(H,21,23)(H,22,24). The van der Waals surface area contributed by atoms with Crippen LogP contribution in [-0.2, 0) is 0 Å². The minimum atomic E-state index is -0.139. The van der Waals surface area contributed by atoms with Crippen molar-refractivity contribution in [1.29, 1.82) is 0 Å². The zero-order valence-corrected chi connectivity index (χ0v) is 16.1. The predicted molar refractivity (Wildman–Crippen MR) is 111 cm³/mol. The molecule has 4 rings (SSSR count). The van der Waals surface area contributed by atoms with Gasteiger partial charge in [0.15, 0.2) is 17.4 Å². The van der Waals surface area contributed by atoms with E-state index in [0.29, 0.717) is 22.9 Å². The molecule has 0 spiro atoms. The second-order valence-electron chi connectivity index (χ2n) is 6.63. The van der Waals surface area contributed by atoms with E-state index in [-0.39, 0.29) is 11.7 Å². The molecule has 3 aromatic rings. The Kier molecular flexibility index (Phi) is 5.38. The fraction of sp³-hybridized carbons (Fsp3) is 0.250. The summed E-state index contributed by atoms with van der Waals surface area (Å²) in [5, 5.41) is 17.0. The highest BCUT2D eigenvalue weighted by Crippen LogP contribution is 2.34. The van der Waals surface area contributed by atoms with Crippen LogP contribution in [0.15, 0.2) is 48.5 Å². The van der Waals surface area contributed by atoms with Crippen LogP contribution in [0.2, 0.25) is 0 Å². The quantitative estimate of drug-likeness (QED) is 0.556. The number of benzene rings is 2. The van der Waals surface area contributed by atoms with Gasteiger partial charge >= 0.3 is 0 Å². The summed E-state index contributed by atoms with van der Waals surface area (Å²) in [7, 11) is 0. The maximum atomic E-state index is 12.8. The van der Waals surface area contributed by atoms with Gasteiger partial charge in [0.2, 0.25) is 0 Å². The summed E-state index contributed by atoms with van der Waals surface area (Å²) in [6.45, 7) is 1.47. The van der Waals surface area contributed by atoms with Crippen molar-refractivity contribution in [3.63, 3.8) is 0 Å². The van der Waals surface area contributed by atoms with E-state index in [1.807, 2.05) is 30.3 Å². The van der Waals surface area contributed by atoms with Gasteiger partial charge in [-0.05, 0) is 43.5 Å². The highest BCUT2D eigenvalue weighted by atomic mass is 32.1. The van der Waals surface area contributed by atoms with E-state index < -0.39 is 0 Å². The minimum absolute atomic E-state index is 0.0725. The van der Waals surface area contributed by atoms with Crippen LogP contribution in [0.1, 0.15) is 29.6 Å². The lowest BCUT2D eigenvalue weighted by molar-refractivity contribution is 0.0721. The maximum Gasteiger partial charge on any atom is 0.257 e. The zero-order valence-electron chi connectivity index (χ0n) is 15.3. The van der Waals surface area contributed by atoms with Crippen molar-refractivity contribution in [2.24, 2.45) is 0 Å². The molecular weight excluding hydrogens is 374 g/mol. The Morgan fingerprint density at radius 2 is 1.64 bits per heavy atom. The second kappa shape index (κ2) is 8.26. The number of anilines is 4. The number of rotatable bonds is 5. The average molecular weight is 395 g/mol. The van der Waals surface area contributed by atoms with E-state index in [1.54, 1.807) is 23.1 Å². The Hall–Kier alpha value is -3.13. The molecule has 144 valence electrons. The lowest BCUT2D eigenvalue weighted by atomic mass is 10.1. The van der Waals surface area contributed by atoms with E-state index in [0.717, 1.165) is 49.8 Å². The van der Waals surface area contributed by atoms with Crippen LogP contribution < -0.4 is 10.6 Å². The molecule has 8 heteroatoms. The molecule has 0 radical (unpaired) electrons. The van der Waals surface area contributed by atoms with Crippen molar-refractivity contribution in [2.75, 3.05) is 23.7 Å². The fourth-order valence-corrected chi connectivity index (χ4v) is 3.69. The number of hydrogen-bond donors (Lipinski definition) is 3. The molecule has 2 heterocycles. The molecule has 1 aromatic heterocycles. The molecule has 1 aliphatic heterocycles. The van der Waals surface area contributed by atoms with Crippen molar-refractivity contribution < 1.29 is 9.90 Å². The van der Waals surface area contributed by atoms with Gasteiger partial charge in [-0.25, -0.2) is 0 Å². The van der Waals surface area contributed by atoms with Crippen molar-refractivity contribution >= 4 is 40.6 Å². The van der Waals surface area contributed by atoms with E-state index in [1.165, 1.54) is 0 Å². The number of para-hydroxylation sites is 2. The topological polar surface area (TPSA) is 90.4 Å². The SMILES string of the molecule is O=C(c1cccc(Nc2nsnc2Nc2ccccc2)c1O)N1CCCCC1. The van der Waals surface area contributed by atoms with Crippen molar-refractivity contribution in [2.45, 2.75) is 19.3 Å². The van der Waals surface area contributed by atoms with Crippen LogP contribution in [0, 0.1) is 0 Å². The first-order valence-corrected chi connectivity index (χ1v) is 9.98. The predicted octanol–water partition coefficient (Wildman–Crippen LogP) is 4.36. The van der Waals surface area contributed by atoms with Gasteiger partial charge in [0.1, 0.15) is 0 Å². The third kappa shape index (κ3) is 3.91. The number of likely N-dealkylation sites (tertiary alicyclic amines) is 1. The van der Waals surface area contributed by atoms with Crippen molar-refractivity contribution in [3.05, 3.63) is 54.1 Å². The molecule has 2 aromatic carbocycles. The molecule has 0 unspecified atom stereocenters. The summed E-state index contributed by atoms with van der Waals surface area (Å²) in [5.41, 5.74) is 1.61. The van der Waals surface area contributed by atoms with Gasteiger partial charge in [0.25, 0.3) is 5.91 Å². The van der Waals surface area contributed by atoms with Crippen LogP contribution in [0.25, 0.3) is 0 Å². The smallest absolute Gasteiger partial charge is 0.257 e. The van der Waals surface area contributed by atoms with Crippen LogP contribution in [-0.4, -0.2) is 37.8 Å². The Morgan fingerprint density at radius 1 is 0.929 bits per heavy atom. The molecule has 3 N–H and O–H groups in total. The molecule has 0 atom stereocenters. The maximum absolute atomic E-state index is 12.8. The van der Waals surface area contributed by atoms with Crippen LogP contribution >= 0.6 is 11.7 Å². The number of piperidine rings is 1. The molecule has 0 aliphatic carbocycles. The fourth-order valence-electron chi connectivity index (χ4n) is 3.22. The minimum Gasteiger partial charge on any atom is -0.505 e. The molecule has 1 saturated heterocycles. The lowest BCUT2D eigenvalue weighted by Crippen LogP contribution is -2.35. The number of carbonyl (C=O) groups excluding carboxylic acids is 1. The average Bonchev–Trinajstić information content (AvgIpc) is 3.17. The third-order valence-electron chi connectivity index (χ3n) is 4.69. The first-order valence-electron chi connectivity index (χ1n) is 9.25. The number of aromatic hydroxyl groups is 1.